The highest BCUT2D eigenvalue weighted by atomic mass is 32.2. The Labute approximate surface area is 144 Å². The molecule has 1 fully saturated rings. The first-order valence-corrected chi connectivity index (χ1v) is 8.43. The Morgan fingerprint density at radius 1 is 1.46 bits per heavy atom. The Bertz CT molecular complexity index is 682. The summed E-state index contributed by atoms with van der Waals surface area (Å²) in [6.07, 6.45) is 3.66. The fourth-order valence-electron chi connectivity index (χ4n) is 1.95. The smallest absolute Gasteiger partial charge is 0.236 e. The Hall–Kier alpha value is -2.53. The quantitative estimate of drug-likeness (QED) is 0.443. The number of nitrogens with one attached hydrogen (secondary N) is 1. The Balaban J connectivity index is 2.05. The van der Waals surface area contributed by atoms with Gasteiger partial charge in [-0.2, -0.15) is 10.4 Å². The molecule has 0 spiro atoms. The minimum atomic E-state index is -0.0725. The monoisotopic (exact) mass is 346 g/mol. The number of carbonyl (C=O) groups is 1. The van der Waals surface area contributed by atoms with Crippen molar-refractivity contribution in [2.75, 3.05) is 19.5 Å². The van der Waals surface area contributed by atoms with Crippen molar-refractivity contribution in [3.63, 3.8) is 0 Å². The van der Waals surface area contributed by atoms with Crippen LogP contribution in [0.1, 0.15) is 24.8 Å². The average Bonchev–Trinajstić information content (AvgIpc) is 3.00. The molecule has 0 bridgehead atoms. The second-order valence-corrected chi connectivity index (χ2v) is 5.79. The summed E-state index contributed by atoms with van der Waals surface area (Å²) in [5.41, 5.74) is 0.730. The lowest BCUT2D eigenvalue weighted by molar-refractivity contribution is -0.116. The number of thioether (sulfide) groups is 1. The van der Waals surface area contributed by atoms with E-state index in [1.165, 1.54) is 11.8 Å². The number of hydrogen-bond donors (Lipinski definition) is 1. The highest BCUT2D eigenvalue weighted by molar-refractivity contribution is 8.15. The van der Waals surface area contributed by atoms with Gasteiger partial charge >= 0.3 is 0 Å². The molecule has 0 atom stereocenters. The van der Waals surface area contributed by atoms with Crippen LogP contribution >= 0.6 is 11.8 Å². The number of hydrogen-bond acceptors (Lipinski definition) is 7. The number of ether oxygens (including phenoxy) is 2. The van der Waals surface area contributed by atoms with E-state index in [4.69, 9.17) is 14.7 Å². The van der Waals surface area contributed by atoms with Crippen molar-refractivity contribution in [1.82, 2.24) is 5.32 Å². The van der Waals surface area contributed by atoms with Gasteiger partial charge in [0.1, 0.15) is 0 Å². The van der Waals surface area contributed by atoms with Gasteiger partial charge in [-0.1, -0.05) is 17.8 Å². The van der Waals surface area contributed by atoms with Gasteiger partial charge in [-0.15, -0.1) is 5.10 Å². The number of amidine groups is 1. The summed E-state index contributed by atoms with van der Waals surface area (Å²) in [5, 5.41) is 19.6. The molecule has 24 heavy (non-hydrogen) atoms. The van der Waals surface area contributed by atoms with Crippen molar-refractivity contribution in [3.8, 4) is 17.6 Å². The maximum atomic E-state index is 11.1. The number of amides is 1. The molecule has 0 saturated carbocycles. The van der Waals surface area contributed by atoms with Crippen LogP contribution < -0.4 is 14.8 Å². The number of nitrogens with zero attached hydrogens (tertiary/aromatic N) is 3. The standard InChI is InChI=1S/C16H18N4O3S/c1-22-13-7-5-6-12(15(13)23-9-4-2-3-8-17)10-18-20-16-19-14(21)11-24-16/h5-7,10H,2-4,9,11H2,1H3,(H,19,20,21). The molecule has 0 radical (unpaired) electrons. The number of methoxy groups -OCH3 is 1. The van der Waals surface area contributed by atoms with Gasteiger partial charge in [0.15, 0.2) is 16.7 Å². The Morgan fingerprint density at radius 3 is 3.04 bits per heavy atom. The second kappa shape index (κ2) is 9.57. The number of carbonyl (C=O) groups excluding carboxylic acids is 1. The minimum Gasteiger partial charge on any atom is -0.493 e. The normalized spacial score (nSPS) is 15.5. The Morgan fingerprint density at radius 2 is 2.33 bits per heavy atom. The SMILES string of the molecule is COc1cccc(C=NN=C2NC(=O)CS2)c1OCCCCC#N. The maximum Gasteiger partial charge on any atom is 0.236 e. The summed E-state index contributed by atoms with van der Waals surface area (Å²) < 4.78 is 11.1. The molecule has 2 rings (SSSR count). The third-order valence-electron chi connectivity index (χ3n) is 3.09. The van der Waals surface area contributed by atoms with E-state index in [1.54, 1.807) is 19.4 Å². The molecule has 1 amide bonds. The molecule has 1 saturated heterocycles. The number of para-hydroxylation sites is 1. The highest BCUT2D eigenvalue weighted by Crippen LogP contribution is 2.30. The van der Waals surface area contributed by atoms with Crippen molar-refractivity contribution in [2.45, 2.75) is 19.3 Å². The van der Waals surface area contributed by atoms with E-state index >= 15 is 0 Å². The molecule has 126 valence electrons. The number of benzene rings is 1. The van der Waals surface area contributed by atoms with Crippen molar-refractivity contribution in [1.29, 1.82) is 5.26 Å². The molecule has 1 N–H and O–H groups in total. The lowest BCUT2D eigenvalue weighted by atomic mass is 10.2. The van der Waals surface area contributed by atoms with E-state index in [2.05, 4.69) is 21.6 Å². The summed E-state index contributed by atoms with van der Waals surface area (Å²) in [6, 6.07) is 7.60. The maximum absolute atomic E-state index is 11.1. The van der Waals surface area contributed by atoms with Crippen molar-refractivity contribution >= 4 is 29.1 Å². The van der Waals surface area contributed by atoms with Crippen LogP contribution in [0, 0.1) is 11.3 Å². The van der Waals surface area contributed by atoms with Crippen LogP contribution in [0.3, 0.4) is 0 Å². The molecule has 1 aliphatic rings. The lowest BCUT2D eigenvalue weighted by Gasteiger charge is -2.12. The van der Waals surface area contributed by atoms with Crippen molar-refractivity contribution in [2.24, 2.45) is 10.2 Å². The van der Waals surface area contributed by atoms with Crippen molar-refractivity contribution < 1.29 is 14.3 Å². The van der Waals surface area contributed by atoms with Crippen LogP contribution in [-0.2, 0) is 4.79 Å². The van der Waals surface area contributed by atoms with E-state index in [-0.39, 0.29) is 5.91 Å². The third kappa shape index (κ3) is 5.28. The minimum absolute atomic E-state index is 0.0725. The summed E-state index contributed by atoms with van der Waals surface area (Å²) in [7, 11) is 1.57. The first-order valence-electron chi connectivity index (χ1n) is 7.45. The fraction of sp³-hybridized carbons (Fsp3) is 0.375. The molecule has 1 aliphatic heterocycles. The zero-order valence-corrected chi connectivity index (χ0v) is 14.1. The number of rotatable bonds is 8. The van der Waals surface area contributed by atoms with Gasteiger partial charge in [-0.05, 0) is 25.0 Å². The largest absolute Gasteiger partial charge is 0.493 e. The molecular weight excluding hydrogens is 328 g/mol. The van der Waals surface area contributed by atoms with Gasteiger partial charge in [0.2, 0.25) is 5.91 Å². The van der Waals surface area contributed by atoms with Crippen molar-refractivity contribution in [3.05, 3.63) is 23.8 Å². The van der Waals surface area contributed by atoms with E-state index in [0.29, 0.717) is 35.4 Å². The summed E-state index contributed by atoms with van der Waals surface area (Å²) in [5.74, 6) is 1.49. The zero-order chi connectivity index (χ0) is 17.2. The predicted octanol–water partition coefficient (Wildman–Crippen LogP) is 2.32. The predicted molar refractivity (Wildman–Crippen MR) is 93.6 cm³/mol. The average molecular weight is 346 g/mol. The highest BCUT2D eigenvalue weighted by Gasteiger charge is 2.16. The first-order chi connectivity index (χ1) is 11.7. The Kier molecular flexibility index (Phi) is 7.11. The topological polar surface area (TPSA) is 96.1 Å². The summed E-state index contributed by atoms with van der Waals surface area (Å²) in [6.45, 7) is 0.489. The van der Waals surface area contributed by atoms with Crippen LogP contribution in [0.15, 0.2) is 28.4 Å². The lowest BCUT2D eigenvalue weighted by Crippen LogP contribution is -2.19. The van der Waals surface area contributed by atoms with Gasteiger partial charge in [-0.25, -0.2) is 0 Å². The molecule has 0 aliphatic carbocycles. The van der Waals surface area contributed by atoms with Crippen LogP contribution in [0.25, 0.3) is 0 Å². The third-order valence-corrected chi connectivity index (χ3v) is 3.95. The van der Waals surface area contributed by atoms with Gasteiger partial charge in [0, 0.05) is 12.0 Å². The molecule has 7 nitrogen and oxygen atoms in total. The molecule has 0 aromatic heterocycles. The molecule has 8 heteroatoms. The van der Waals surface area contributed by atoms with Crippen LogP contribution in [0.2, 0.25) is 0 Å². The molecule has 1 aromatic carbocycles. The van der Waals surface area contributed by atoms with Crippen LogP contribution in [-0.4, -0.2) is 36.8 Å². The molecular formula is C16H18N4O3S. The van der Waals surface area contributed by atoms with E-state index < -0.39 is 0 Å². The fourth-order valence-corrected chi connectivity index (χ4v) is 2.58. The van der Waals surface area contributed by atoms with Gasteiger partial charge < -0.3 is 14.8 Å². The number of unbranched alkanes of at least 4 members (excludes halogenated alkanes) is 2. The van der Waals surface area contributed by atoms with E-state index in [9.17, 15) is 4.79 Å². The zero-order valence-electron chi connectivity index (χ0n) is 13.3. The number of nitriles is 1. The molecule has 0 unspecified atom stereocenters. The first kappa shape index (κ1) is 17.8. The van der Waals surface area contributed by atoms with E-state index in [1.807, 2.05) is 12.1 Å². The molecule has 1 heterocycles. The van der Waals surface area contributed by atoms with Crippen LogP contribution in [0.4, 0.5) is 0 Å². The summed E-state index contributed by atoms with van der Waals surface area (Å²) in [4.78, 5) is 11.1. The van der Waals surface area contributed by atoms with E-state index in [0.717, 1.165) is 18.4 Å². The van der Waals surface area contributed by atoms with Gasteiger partial charge in [0.05, 0.1) is 31.8 Å². The molecule has 1 aromatic rings. The second-order valence-electron chi connectivity index (χ2n) is 4.83. The summed E-state index contributed by atoms with van der Waals surface area (Å²) >= 11 is 1.31. The van der Waals surface area contributed by atoms with Gasteiger partial charge in [-0.3, -0.25) is 4.79 Å². The van der Waals surface area contributed by atoms with Crippen LogP contribution in [0.5, 0.6) is 11.5 Å². The van der Waals surface area contributed by atoms with Gasteiger partial charge in [0.25, 0.3) is 0 Å².